The quantitative estimate of drug-likeness (QED) is 0.0322. The molecule has 0 aliphatic carbocycles. The number of esters is 1. The van der Waals surface area contributed by atoms with E-state index in [2.05, 4.69) is 50.4 Å². The van der Waals surface area contributed by atoms with Gasteiger partial charge in [0.25, 0.3) is 0 Å². The van der Waals surface area contributed by atoms with Crippen molar-refractivity contribution in [2.24, 2.45) is 0 Å². The van der Waals surface area contributed by atoms with E-state index in [-0.39, 0.29) is 24.9 Å². The molecule has 3 atom stereocenters. The lowest BCUT2D eigenvalue weighted by Crippen LogP contribution is -2.46. The van der Waals surface area contributed by atoms with Crippen molar-refractivity contribution in [2.45, 2.75) is 302 Å². The van der Waals surface area contributed by atoms with Gasteiger partial charge < -0.3 is 20.3 Å². The summed E-state index contributed by atoms with van der Waals surface area (Å²) in [4.78, 5) is 26.1. The molecule has 0 radical (unpaired) electrons. The average Bonchev–Trinajstić information content (AvgIpc) is 3.24. The zero-order chi connectivity index (χ0) is 43.8. The molecule has 0 aromatic rings. The number of ether oxygens (including phenoxy) is 1. The predicted molar refractivity (Wildman–Crippen MR) is 260 cm³/mol. The van der Waals surface area contributed by atoms with Crippen molar-refractivity contribution in [3.8, 4) is 0 Å². The molecule has 60 heavy (non-hydrogen) atoms. The normalized spacial score (nSPS) is 13.3. The van der Waals surface area contributed by atoms with E-state index in [0.717, 1.165) is 64.2 Å². The van der Waals surface area contributed by atoms with Gasteiger partial charge in [0, 0.05) is 6.42 Å². The van der Waals surface area contributed by atoms with Crippen LogP contribution in [0.3, 0.4) is 0 Å². The van der Waals surface area contributed by atoms with E-state index >= 15 is 0 Å². The summed E-state index contributed by atoms with van der Waals surface area (Å²) >= 11 is 0. The maximum absolute atomic E-state index is 13.2. The minimum absolute atomic E-state index is 0.0774. The van der Waals surface area contributed by atoms with Crippen molar-refractivity contribution in [3.63, 3.8) is 0 Å². The van der Waals surface area contributed by atoms with E-state index in [4.69, 9.17) is 4.74 Å². The summed E-state index contributed by atoms with van der Waals surface area (Å²) in [5.41, 5.74) is 0. The molecule has 6 heteroatoms. The van der Waals surface area contributed by atoms with E-state index in [1.54, 1.807) is 0 Å². The molecule has 0 aliphatic heterocycles. The fourth-order valence-electron chi connectivity index (χ4n) is 8.23. The standard InChI is InChI=1S/C54H103NO5/c1-4-7-10-13-16-19-22-24-26-27-28-29-31-33-36-39-42-45-50(60-54(59)47-44-41-38-35-21-18-15-12-9-6-3)48-53(58)55-51(49-56)52(57)46-43-40-37-34-32-30-25-23-20-17-14-11-8-5-2/h16,19,24,26,50-52,56-57H,4-15,17-18,20-23,25,27-49H2,1-3H3,(H,55,58)/b19-16-,26-24-. The van der Waals surface area contributed by atoms with Crippen LogP contribution in [0, 0.1) is 0 Å². The van der Waals surface area contributed by atoms with Crippen LogP contribution >= 0.6 is 0 Å². The first-order chi connectivity index (χ1) is 29.5. The number of amides is 1. The maximum atomic E-state index is 13.2. The van der Waals surface area contributed by atoms with Crippen LogP contribution < -0.4 is 5.32 Å². The smallest absolute Gasteiger partial charge is 0.306 e. The molecule has 3 N–H and O–H groups in total. The molecule has 0 saturated carbocycles. The molecule has 0 heterocycles. The highest BCUT2D eigenvalue weighted by molar-refractivity contribution is 5.77. The summed E-state index contributed by atoms with van der Waals surface area (Å²) in [6.07, 6.45) is 55.2. The van der Waals surface area contributed by atoms with Gasteiger partial charge in [0.05, 0.1) is 25.2 Å². The number of carbonyl (C=O) groups excluding carboxylic acids is 2. The fourth-order valence-corrected chi connectivity index (χ4v) is 8.23. The summed E-state index contributed by atoms with van der Waals surface area (Å²) in [5, 5.41) is 23.8. The Labute approximate surface area is 373 Å². The lowest BCUT2D eigenvalue weighted by atomic mass is 10.0. The van der Waals surface area contributed by atoms with Crippen LogP contribution in [0.2, 0.25) is 0 Å². The molecule has 0 spiro atoms. The highest BCUT2D eigenvalue weighted by Crippen LogP contribution is 2.18. The van der Waals surface area contributed by atoms with Gasteiger partial charge in [-0.3, -0.25) is 9.59 Å². The molecule has 0 bridgehead atoms. The van der Waals surface area contributed by atoms with E-state index in [9.17, 15) is 19.8 Å². The number of aliphatic hydroxyl groups excluding tert-OH is 2. The number of hydrogen-bond donors (Lipinski definition) is 3. The topological polar surface area (TPSA) is 95.9 Å². The first kappa shape index (κ1) is 58.3. The van der Waals surface area contributed by atoms with Crippen LogP contribution in [0.4, 0.5) is 0 Å². The van der Waals surface area contributed by atoms with Crippen molar-refractivity contribution >= 4 is 11.9 Å². The summed E-state index contributed by atoms with van der Waals surface area (Å²) in [7, 11) is 0. The Kier molecular flexibility index (Phi) is 47.0. The van der Waals surface area contributed by atoms with Gasteiger partial charge in [0.1, 0.15) is 6.10 Å². The van der Waals surface area contributed by atoms with Gasteiger partial charge in [-0.25, -0.2) is 0 Å². The van der Waals surface area contributed by atoms with Crippen LogP contribution in [-0.4, -0.2) is 46.9 Å². The second kappa shape index (κ2) is 48.4. The zero-order valence-corrected chi connectivity index (χ0v) is 40.4. The largest absolute Gasteiger partial charge is 0.462 e. The summed E-state index contributed by atoms with van der Waals surface area (Å²) in [6.45, 7) is 6.47. The number of hydrogen-bond acceptors (Lipinski definition) is 5. The SMILES string of the molecule is CCCCC/C=C\C/C=C\CCCCCCCCCC(CC(=O)NC(CO)C(O)CCCCCCCCCCCCCCCC)OC(=O)CCCCCCCCCCCC. The van der Waals surface area contributed by atoms with Gasteiger partial charge in [-0.05, 0) is 57.8 Å². The Morgan fingerprint density at radius 2 is 0.850 bits per heavy atom. The molecule has 0 aromatic carbocycles. The van der Waals surface area contributed by atoms with Crippen LogP contribution in [0.15, 0.2) is 24.3 Å². The van der Waals surface area contributed by atoms with Gasteiger partial charge in [-0.1, -0.05) is 238 Å². The van der Waals surface area contributed by atoms with E-state index in [1.165, 1.54) is 173 Å². The second-order valence-corrected chi connectivity index (χ2v) is 18.3. The van der Waals surface area contributed by atoms with E-state index in [1.807, 2.05) is 0 Å². The summed E-state index contributed by atoms with van der Waals surface area (Å²) < 4.78 is 5.93. The van der Waals surface area contributed by atoms with Gasteiger partial charge >= 0.3 is 5.97 Å². The number of carbonyl (C=O) groups is 2. The molecular weight excluding hydrogens is 743 g/mol. The zero-order valence-electron chi connectivity index (χ0n) is 40.4. The molecule has 6 nitrogen and oxygen atoms in total. The molecular formula is C54H103NO5. The van der Waals surface area contributed by atoms with Gasteiger partial charge in [-0.2, -0.15) is 0 Å². The monoisotopic (exact) mass is 846 g/mol. The van der Waals surface area contributed by atoms with Gasteiger partial charge in [-0.15, -0.1) is 0 Å². The van der Waals surface area contributed by atoms with E-state index in [0.29, 0.717) is 19.3 Å². The van der Waals surface area contributed by atoms with Crippen molar-refractivity contribution in [1.29, 1.82) is 0 Å². The number of unbranched alkanes of at least 4 members (excludes halogenated alkanes) is 32. The van der Waals surface area contributed by atoms with Crippen LogP contribution in [-0.2, 0) is 14.3 Å². The third kappa shape index (κ3) is 43.0. The van der Waals surface area contributed by atoms with E-state index < -0.39 is 18.2 Å². The van der Waals surface area contributed by atoms with Gasteiger partial charge in [0.15, 0.2) is 0 Å². The number of allylic oxidation sites excluding steroid dienone is 4. The molecule has 1 amide bonds. The Bertz CT molecular complexity index is 950. The van der Waals surface area contributed by atoms with Crippen molar-refractivity contribution in [2.75, 3.05) is 6.61 Å². The lowest BCUT2D eigenvalue weighted by molar-refractivity contribution is -0.151. The maximum Gasteiger partial charge on any atom is 0.306 e. The molecule has 0 fully saturated rings. The van der Waals surface area contributed by atoms with Crippen LogP contribution in [0.1, 0.15) is 284 Å². The number of rotatable bonds is 48. The Morgan fingerprint density at radius 3 is 1.30 bits per heavy atom. The minimum atomic E-state index is -0.785. The van der Waals surface area contributed by atoms with Crippen molar-refractivity contribution in [3.05, 3.63) is 24.3 Å². The summed E-state index contributed by atoms with van der Waals surface area (Å²) in [6, 6.07) is -0.699. The Morgan fingerprint density at radius 1 is 0.483 bits per heavy atom. The summed E-state index contributed by atoms with van der Waals surface area (Å²) in [5.74, 6) is -0.469. The predicted octanol–water partition coefficient (Wildman–Crippen LogP) is 15.9. The lowest BCUT2D eigenvalue weighted by Gasteiger charge is -2.24. The number of nitrogens with one attached hydrogen (secondary N) is 1. The van der Waals surface area contributed by atoms with Crippen molar-refractivity contribution in [1.82, 2.24) is 5.32 Å². The molecule has 0 rings (SSSR count). The average molecular weight is 846 g/mol. The first-order valence-electron chi connectivity index (χ1n) is 26.6. The van der Waals surface area contributed by atoms with Gasteiger partial charge in [0.2, 0.25) is 5.91 Å². The highest BCUT2D eigenvalue weighted by Gasteiger charge is 2.24. The van der Waals surface area contributed by atoms with Crippen LogP contribution in [0.25, 0.3) is 0 Å². The molecule has 0 aliphatic rings. The Balaban J connectivity index is 4.53. The third-order valence-electron chi connectivity index (χ3n) is 12.3. The first-order valence-corrected chi connectivity index (χ1v) is 26.6. The van der Waals surface area contributed by atoms with Crippen molar-refractivity contribution < 1.29 is 24.5 Å². The highest BCUT2D eigenvalue weighted by atomic mass is 16.5. The van der Waals surface area contributed by atoms with Crippen LogP contribution in [0.5, 0.6) is 0 Å². The minimum Gasteiger partial charge on any atom is -0.462 e. The molecule has 354 valence electrons. The molecule has 0 aromatic heterocycles. The Hall–Kier alpha value is -1.66. The molecule has 3 unspecified atom stereocenters. The number of aliphatic hydroxyl groups is 2. The third-order valence-corrected chi connectivity index (χ3v) is 12.3. The molecule has 0 saturated heterocycles. The fraction of sp³-hybridized carbons (Fsp3) is 0.889. The second-order valence-electron chi connectivity index (χ2n) is 18.3.